The SMILES string of the molecule is COc1cc(NC(=O)N2C[C@H](C)C[C@@H](C)C2)c(OC)cc1Cl. The number of urea groups is 1. The van der Waals surface area contributed by atoms with E-state index in [0.717, 1.165) is 19.5 Å². The van der Waals surface area contributed by atoms with E-state index in [1.807, 2.05) is 4.90 Å². The average Bonchev–Trinajstić information content (AvgIpc) is 2.47. The van der Waals surface area contributed by atoms with E-state index in [9.17, 15) is 4.79 Å². The molecular formula is C16H23ClN2O3. The van der Waals surface area contributed by atoms with Crippen LogP contribution < -0.4 is 14.8 Å². The number of carbonyl (C=O) groups excluding carboxylic acids is 1. The number of carbonyl (C=O) groups is 1. The summed E-state index contributed by atoms with van der Waals surface area (Å²) in [5.74, 6) is 2.03. The van der Waals surface area contributed by atoms with Crippen LogP contribution in [0.25, 0.3) is 0 Å². The first-order valence-electron chi connectivity index (χ1n) is 7.42. The molecule has 1 heterocycles. The number of rotatable bonds is 3. The van der Waals surface area contributed by atoms with Crippen LogP contribution in [0.3, 0.4) is 0 Å². The highest BCUT2D eigenvalue weighted by molar-refractivity contribution is 6.32. The fourth-order valence-corrected chi connectivity index (χ4v) is 3.21. The van der Waals surface area contributed by atoms with E-state index in [0.29, 0.717) is 34.0 Å². The van der Waals surface area contributed by atoms with Crippen molar-refractivity contribution in [1.29, 1.82) is 0 Å². The lowest BCUT2D eigenvalue weighted by molar-refractivity contribution is 0.156. The average molecular weight is 327 g/mol. The van der Waals surface area contributed by atoms with Crippen molar-refractivity contribution in [3.63, 3.8) is 0 Å². The van der Waals surface area contributed by atoms with E-state index in [4.69, 9.17) is 21.1 Å². The van der Waals surface area contributed by atoms with Gasteiger partial charge in [-0.25, -0.2) is 4.79 Å². The molecular weight excluding hydrogens is 304 g/mol. The van der Waals surface area contributed by atoms with Crippen LogP contribution >= 0.6 is 11.6 Å². The van der Waals surface area contributed by atoms with E-state index < -0.39 is 0 Å². The molecule has 122 valence electrons. The molecule has 0 aliphatic carbocycles. The third kappa shape index (κ3) is 3.77. The van der Waals surface area contributed by atoms with Crippen molar-refractivity contribution in [2.45, 2.75) is 20.3 Å². The molecule has 2 amide bonds. The molecule has 6 heteroatoms. The molecule has 0 spiro atoms. The zero-order valence-electron chi connectivity index (χ0n) is 13.5. The first kappa shape index (κ1) is 16.7. The summed E-state index contributed by atoms with van der Waals surface area (Å²) in [5.41, 5.74) is 0.555. The molecule has 0 aromatic heterocycles. The van der Waals surface area contributed by atoms with Gasteiger partial charge in [0.05, 0.1) is 24.9 Å². The van der Waals surface area contributed by atoms with Crippen molar-refractivity contribution >= 4 is 23.3 Å². The van der Waals surface area contributed by atoms with Crippen LogP contribution in [0.2, 0.25) is 5.02 Å². The van der Waals surface area contributed by atoms with Crippen LogP contribution in [-0.2, 0) is 0 Å². The lowest BCUT2D eigenvalue weighted by Gasteiger charge is -2.35. The van der Waals surface area contributed by atoms with Crippen molar-refractivity contribution in [2.24, 2.45) is 11.8 Å². The number of methoxy groups -OCH3 is 2. The normalized spacial score (nSPS) is 21.4. The smallest absolute Gasteiger partial charge is 0.321 e. The largest absolute Gasteiger partial charge is 0.495 e. The number of hydrogen-bond donors (Lipinski definition) is 1. The highest BCUT2D eigenvalue weighted by Gasteiger charge is 2.26. The van der Waals surface area contributed by atoms with Gasteiger partial charge in [-0.05, 0) is 18.3 Å². The Hall–Kier alpha value is -1.62. The third-order valence-corrected chi connectivity index (χ3v) is 4.17. The van der Waals surface area contributed by atoms with Crippen molar-refractivity contribution in [3.8, 4) is 11.5 Å². The monoisotopic (exact) mass is 326 g/mol. The van der Waals surface area contributed by atoms with Gasteiger partial charge in [-0.3, -0.25) is 0 Å². The maximum atomic E-state index is 12.5. The van der Waals surface area contributed by atoms with Crippen LogP contribution in [0.1, 0.15) is 20.3 Å². The second-order valence-corrected chi connectivity index (χ2v) is 6.38. The molecule has 1 aliphatic heterocycles. The fourth-order valence-electron chi connectivity index (χ4n) is 2.98. The minimum Gasteiger partial charge on any atom is -0.495 e. The number of piperidine rings is 1. The molecule has 0 radical (unpaired) electrons. The summed E-state index contributed by atoms with van der Waals surface area (Å²) in [6.45, 7) is 5.87. The van der Waals surface area contributed by atoms with E-state index in [1.54, 1.807) is 19.2 Å². The number of amides is 2. The molecule has 22 heavy (non-hydrogen) atoms. The van der Waals surface area contributed by atoms with Crippen LogP contribution in [0.5, 0.6) is 11.5 Å². The highest BCUT2D eigenvalue weighted by atomic mass is 35.5. The van der Waals surface area contributed by atoms with Crippen molar-refractivity contribution < 1.29 is 14.3 Å². The van der Waals surface area contributed by atoms with E-state index in [-0.39, 0.29) is 6.03 Å². The Morgan fingerprint density at radius 1 is 1.18 bits per heavy atom. The third-order valence-electron chi connectivity index (χ3n) is 3.87. The zero-order valence-corrected chi connectivity index (χ0v) is 14.2. The lowest BCUT2D eigenvalue weighted by atomic mass is 9.92. The van der Waals surface area contributed by atoms with Gasteiger partial charge >= 0.3 is 6.03 Å². The molecule has 1 N–H and O–H groups in total. The molecule has 5 nitrogen and oxygen atoms in total. The summed E-state index contributed by atoms with van der Waals surface area (Å²) in [4.78, 5) is 14.3. The zero-order chi connectivity index (χ0) is 16.3. The van der Waals surface area contributed by atoms with Gasteiger partial charge in [-0.1, -0.05) is 25.4 Å². The van der Waals surface area contributed by atoms with Crippen LogP contribution in [0, 0.1) is 11.8 Å². The molecule has 1 aliphatic rings. The highest BCUT2D eigenvalue weighted by Crippen LogP contribution is 2.36. The summed E-state index contributed by atoms with van der Waals surface area (Å²) in [6.07, 6.45) is 1.15. The number of ether oxygens (including phenoxy) is 2. The summed E-state index contributed by atoms with van der Waals surface area (Å²) in [6, 6.07) is 3.19. The minimum atomic E-state index is -0.124. The quantitative estimate of drug-likeness (QED) is 0.917. The number of nitrogens with zero attached hydrogens (tertiary/aromatic N) is 1. The number of anilines is 1. The number of likely N-dealkylation sites (tertiary alicyclic amines) is 1. The van der Waals surface area contributed by atoms with Gasteiger partial charge in [0.25, 0.3) is 0 Å². The summed E-state index contributed by atoms with van der Waals surface area (Å²) < 4.78 is 10.5. The minimum absolute atomic E-state index is 0.124. The Morgan fingerprint density at radius 3 is 2.32 bits per heavy atom. The van der Waals surface area contributed by atoms with Crippen LogP contribution in [-0.4, -0.2) is 38.2 Å². The number of nitrogens with one attached hydrogen (secondary N) is 1. The molecule has 1 aromatic rings. The van der Waals surface area contributed by atoms with Gasteiger partial charge < -0.3 is 19.7 Å². The van der Waals surface area contributed by atoms with Crippen LogP contribution in [0.15, 0.2) is 12.1 Å². The van der Waals surface area contributed by atoms with Crippen LogP contribution in [0.4, 0.5) is 10.5 Å². The Bertz CT molecular complexity index is 540. The van der Waals surface area contributed by atoms with Gasteiger partial charge in [0.2, 0.25) is 0 Å². The second-order valence-electron chi connectivity index (χ2n) is 5.97. The molecule has 1 saturated heterocycles. The number of hydrogen-bond acceptors (Lipinski definition) is 3. The summed E-state index contributed by atoms with van der Waals surface area (Å²) in [7, 11) is 3.08. The summed E-state index contributed by atoms with van der Waals surface area (Å²) >= 11 is 6.08. The fraction of sp³-hybridized carbons (Fsp3) is 0.562. The maximum Gasteiger partial charge on any atom is 0.321 e. The van der Waals surface area contributed by atoms with E-state index in [1.165, 1.54) is 7.11 Å². The maximum absolute atomic E-state index is 12.5. The van der Waals surface area contributed by atoms with Crippen molar-refractivity contribution in [2.75, 3.05) is 32.6 Å². The molecule has 2 rings (SSSR count). The van der Waals surface area contributed by atoms with Gasteiger partial charge in [0, 0.05) is 25.2 Å². The molecule has 0 unspecified atom stereocenters. The Labute approximate surface area is 136 Å². The van der Waals surface area contributed by atoms with Gasteiger partial charge in [-0.2, -0.15) is 0 Å². The topological polar surface area (TPSA) is 50.8 Å². The Morgan fingerprint density at radius 2 is 1.77 bits per heavy atom. The number of benzene rings is 1. The molecule has 1 aromatic carbocycles. The van der Waals surface area contributed by atoms with Gasteiger partial charge in [-0.15, -0.1) is 0 Å². The first-order valence-corrected chi connectivity index (χ1v) is 7.79. The predicted octanol–water partition coefficient (Wildman–Crippen LogP) is 3.87. The van der Waals surface area contributed by atoms with Crippen molar-refractivity contribution in [3.05, 3.63) is 17.2 Å². The predicted molar refractivity (Wildman–Crippen MR) is 88.1 cm³/mol. The lowest BCUT2D eigenvalue weighted by Crippen LogP contribution is -2.44. The van der Waals surface area contributed by atoms with Gasteiger partial charge in [0.1, 0.15) is 11.5 Å². The number of halogens is 1. The molecule has 0 saturated carbocycles. The van der Waals surface area contributed by atoms with E-state index >= 15 is 0 Å². The molecule has 2 atom stereocenters. The Balaban J connectivity index is 2.17. The summed E-state index contributed by atoms with van der Waals surface area (Å²) in [5, 5.41) is 3.34. The first-order chi connectivity index (χ1) is 10.4. The van der Waals surface area contributed by atoms with Gasteiger partial charge in [0.15, 0.2) is 0 Å². The molecule has 1 fully saturated rings. The second kappa shape index (κ2) is 7.09. The van der Waals surface area contributed by atoms with Crippen molar-refractivity contribution in [1.82, 2.24) is 4.90 Å². The standard InChI is InChI=1S/C16H23ClN2O3/c1-10-5-11(2)9-19(8-10)16(20)18-13-7-14(21-3)12(17)6-15(13)22-4/h6-7,10-11H,5,8-9H2,1-4H3,(H,18,20)/t10-,11-/m1/s1. The molecule has 0 bridgehead atoms. The van der Waals surface area contributed by atoms with E-state index in [2.05, 4.69) is 19.2 Å². The Kier molecular flexibility index (Phi) is 5.40.